The van der Waals surface area contributed by atoms with Gasteiger partial charge in [-0.25, -0.2) is 0 Å². The number of hydrogen-bond acceptors (Lipinski definition) is 3. The third kappa shape index (κ3) is 5.84. The Morgan fingerprint density at radius 1 is 1.24 bits per heavy atom. The summed E-state index contributed by atoms with van der Waals surface area (Å²) in [5, 5.41) is 3.50. The van der Waals surface area contributed by atoms with Crippen LogP contribution in [0.15, 0.2) is 16.7 Å². The number of likely N-dealkylation sites (tertiary alicyclic amines) is 1. The van der Waals surface area contributed by atoms with Crippen molar-refractivity contribution < 1.29 is 4.42 Å². The molecule has 1 aliphatic heterocycles. The van der Waals surface area contributed by atoms with Crippen LogP contribution in [0.2, 0.25) is 0 Å². The van der Waals surface area contributed by atoms with E-state index in [1.807, 2.05) is 6.26 Å². The van der Waals surface area contributed by atoms with Gasteiger partial charge in [0.2, 0.25) is 0 Å². The highest BCUT2D eigenvalue weighted by Gasteiger charge is 2.23. The Bertz CT molecular complexity index is 442. The summed E-state index contributed by atoms with van der Waals surface area (Å²) in [6.45, 7) is 15.5. The number of rotatable bonds is 4. The van der Waals surface area contributed by atoms with Gasteiger partial charge in [-0.1, -0.05) is 13.8 Å². The second kappa shape index (κ2) is 6.53. The van der Waals surface area contributed by atoms with E-state index in [0.29, 0.717) is 5.41 Å². The molecule has 0 atom stereocenters. The van der Waals surface area contributed by atoms with Gasteiger partial charge in [-0.2, -0.15) is 0 Å². The van der Waals surface area contributed by atoms with Crippen LogP contribution in [0.4, 0.5) is 0 Å². The Morgan fingerprint density at radius 3 is 2.71 bits per heavy atom. The number of nitrogens with zero attached hydrogens (tertiary/aromatic N) is 1. The monoisotopic (exact) mass is 292 g/mol. The van der Waals surface area contributed by atoms with Gasteiger partial charge in [-0.05, 0) is 64.6 Å². The van der Waals surface area contributed by atoms with Crippen LogP contribution in [-0.4, -0.2) is 23.5 Å². The summed E-state index contributed by atoms with van der Waals surface area (Å²) < 4.78 is 5.74. The van der Waals surface area contributed by atoms with Gasteiger partial charge < -0.3 is 9.73 Å². The lowest BCUT2D eigenvalue weighted by molar-refractivity contribution is 0.238. The Labute approximate surface area is 130 Å². The molecule has 0 aliphatic carbocycles. The van der Waals surface area contributed by atoms with Gasteiger partial charge in [-0.3, -0.25) is 4.90 Å². The van der Waals surface area contributed by atoms with Gasteiger partial charge in [0, 0.05) is 17.6 Å². The standard InChI is InChI=1S/C18H32N2O/c1-17(2,3)19-12-15-11-16(21-14-15)13-20-9-6-7-18(4,5)8-10-20/h11,14,19H,6-10,12-13H2,1-5H3. The molecule has 0 unspecified atom stereocenters. The molecule has 0 bridgehead atoms. The maximum Gasteiger partial charge on any atom is 0.118 e. The lowest BCUT2D eigenvalue weighted by Crippen LogP contribution is -2.34. The van der Waals surface area contributed by atoms with E-state index >= 15 is 0 Å². The molecular weight excluding hydrogens is 260 g/mol. The largest absolute Gasteiger partial charge is 0.468 e. The van der Waals surface area contributed by atoms with E-state index in [1.165, 1.54) is 37.9 Å². The summed E-state index contributed by atoms with van der Waals surface area (Å²) in [6, 6.07) is 2.20. The van der Waals surface area contributed by atoms with Crippen LogP contribution in [0.1, 0.15) is 65.2 Å². The normalized spacial score (nSPS) is 20.4. The molecule has 0 radical (unpaired) electrons. The molecule has 21 heavy (non-hydrogen) atoms. The summed E-state index contributed by atoms with van der Waals surface area (Å²) in [5.74, 6) is 1.10. The molecule has 0 spiro atoms. The van der Waals surface area contributed by atoms with Crippen molar-refractivity contribution in [2.75, 3.05) is 13.1 Å². The van der Waals surface area contributed by atoms with Crippen LogP contribution >= 0.6 is 0 Å². The SMILES string of the molecule is CC1(C)CCCN(Cc2cc(CNC(C)(C)C)co2)CC1. The maximum atomic E-state index is 5.74. The molecule has 120 valence electrons. The van der Waals surface area contributed by atoms with E-state index in [9.17, 15) is 0 Å². The minimum Gasteiger partial charge on any atom is -0.468 e. The first-order valence-corrected chi connectivity index (χ1v) is 8.27. The van der Waals surface area contributed by atoms with E-state index in [1.54, 1.807) is 0 Å². The van der Waals surface area contributed by atoms with E-state index in [4.69, 9.17) is 4.42 Å². The van der Waals surface area contributed by atoms with Crippen molar-refractivity contribution in [1.29, 1.82) is 0 Å². The molecule has 1 aromatic rings. The third-order valence-corrected chi connectivity index (χ3v) is 4.34. The van der Waals surface area contributed by atoms with Crippen molar-refractivity contribution in [2.45, 2.75) is 72.5 Å². The Balaban J connectivity index is 1.85. The Hall–Kier alpha value is -0.800. The van der Waals surface area contributed by atoms with Gasteiger partial charge in [0.25, 0.3) is 0 Å². The summed E-state index contributed by atoms with van der Waals surface area (Å²) in [5.41, 5.74) is 1.89. The fourth-order valence-electron chi connectivity index (χ4n) is 2.83. The Kier molecular flexibility index (Phi) is 5.15. The maximum absolute atomic E-state index is 5.74. The average molecular weight is 292 g/mol. The zero-order chi connectivity index (χ0) is 15.5. The van der Waals surface area contributed by atoms with Crippen molar-refractivity contribution in [3.05, 3.63) is 23.7 Å². The molecular formula is C18H32N2O. The van der Waals surface area contributed by atoms with Crippen molar-refractivity contribution in [3.8, 4) is 0 Å². The lowest BCUT2D eigenvalue weighted by Gasteiger charge is -2.22. The van der Waals surface area contributed by atoms with E-state index in [0.717, 1.165) is 18.8 Å². The molecule has 3 nitrogen and oxygen atoms in total. The van der Waals surface area contributed by atoms with Gasteiger partial charge >= 0.3 is 0 Å². The van der Waals surface area contributed by atoms with Crippen LogP contribution < -0.4 is 5.32 Å². The van der Waals surface area contributed by atoms with Crippen LogP contribution in [0.3, 0.4) is 0 Å². The quantitative estimate of drug-likeness (QED) is 0.902. The van der Waals surface area contributed by atoms with Crippen LogP contribution in [0, 0.1) is 5.41 Å². The number of furan rings is 1. The van der Waals surface area contributed by atoms with Crippen molar-refractivity contribution in [2.24, 2.45) is 5.41 Å². The summed E-state index contributed by atoms with van der Waals surface area (Å²) in [4.78, 5) is 2.54. The fourth-order valence-corrected chi connectivity index (χ4v) is 2.83. The zero-order valence-corrected chi connectivity index (χ0v) is 14.5. The summed E-state index contributed by atoms with van der Waals surface area (Å²) in [7, 11) is 0. The predicted octanol–water partition coefficient (Wildman–Crippen LogP) is 4.18. The zero-order valence-electron chi connectivity index (χ0n) is 14.5. The highest BCUT2D eigenvalue weighted by Crippen LogP contribution is 2.30. The third-order valence-electron chi connectivity index (χ3n) is 4.34. The summed E-state index contributed by atoms with van der Waals surface area (Å²) in [6.07, 6.45) is 5.82. The molecule has 3 heteroatoms. The van der Waals surface area contributed by atoms with Crippen molar-refractivity contribution in [3.63, 3.8) is 0 Å². The van der Waals surface area contributed by atoms with Crippen molar-refractivity contribution >= 4 is 0 Å². The second-order valence-electron chi connectivity index (χ2n) is 8.32. The first-order valence-electron chi connectivity index (χ1n) is 8.27. The minimum absolute atomic E-state index is 0.147. The molecule has 1 saturated heterocycles. The molecule has 0 amide bonds. The summed E-state index contributed by atoms with van der Waals surface area (Å²) >= 11 is 0. The first kappa shape index (κ1) is 16.6. The van der Waals surface area contributed by atoms with Gasteiger partial charge in [0.05, 0.1) is 12.8 Å². The number of hydrogen-bond donors (Lipinski definition) is 1. The second-order valence-corrected chi connectivity index (χ2v) is 8.32. The molecule has 1 fully saturated rings. The van der Waals surface area contributed by atoms with E-state index in [2.05, 4.69) is 50.9 Å². The fraction of sp³-hybridized carbons (Fsp3) is 0.778. The highest BCUT2D eigenvalue weighted by atomic mass is 16.3. The van der Waals surface area contributed by atoms with Gasteiger partial charge in [0.1, 0.15) is 5.76 Å². The number of nitrogens with one attached hydrogen (secondary N) is 1. The van der Waals surface area contributed by atoms with Gasteiger partial charge in [-0.15, -0.1) is 0 Å². The molecule has 1 aliphatic rings. The van der Waals surface area contributed by atoms with Crippen LogP contribution in [-0.2, 0) is 13.1 Å². The topological polar surface area (TPSA) is 28.4 Å². The van der Waals surface area contributed by atoms with E-state index < -0.39 is 0 Å². The van der Waals surface area contributed by atoms with Crippen molar-refractivity contribution in [1.82, 2.24) is 10.2 Å². The average Bonchev–Trinajstić information content (AvgIpc) is 2.73. The molecule has 0 aromatic carbocycles. The minimum atomic E-state index is 0.147. The lowest BCUT2D eigenvalue weighted by atomic mass is 9.85. The van der Waals surface area contributed by atoms with E-state index in [-0.39, 0.29) is 5.54 Å². The molecule has 0 saturated carbocycles. The predicted molar refractivity (Wildman–Crippen MR) is 88.2 cm³/mol. The molecule has 1 N–H and O–H groups in total. The van der Waals surface area contributed by atoms with Gasteiger partial charge in [0.15, 0.2) is 0 Å². The van der Waals surface area contributed by atoms with Crippen LogP contribution in [0.5, 0.6) is 0 Å². The van der Waals surface area contributed by atoms with Crippen LogP contribution in [0.25, 0.3) is 0 Å². The molecule has 2 rings (SSSR count). The smallest absolute Gasteiger partial charge is 0.118 e. The first-order chi connectivity index (χ1) is 9.73. The Morgan fingerprint density at radius 2 is 2.00 bits per heavy atom. The molecule has 2 heterocycles. The molecule has 1 aromatic heterocycles. The highest BCUT2D eigenvalue weighted by molar-refractivity contribution is 5.13.